The van der Waals surface area contributed by atoms with Gasteiger partial charge in [-0.3, -0.25) is 0 Å². The van der Waals surface area contributed by atoms with E-state index in [1.54, 1.807) is 16.7 Å². The Morgan fingerprint density at radius 1 is 0.806 bits per heavy atom. The first-order valence-electron chi connectivity index (χ1n) is 11.6. The number of hydrogen-bond donors (Lipinski definition) is 0. The molecule has 1 atom stereocenters. The average molecular weight is 552 g/mol. The first-order chi connectivity index (χ1) is 14.1. The Kier molecular flexibility index (Phi) is 13.9. The maximum Gasteiger partial charge on any atom is -1.00 e. The van der Waals surface area contributed by atoms with Crippen LogP contribution in [-0.2, 0) is 28.8 Å². The zero-order valence-electron chi connectivity index (χ0n) is 19.6. The number of rotatable bonds is 11. The Bertz CT molecular complexity index is 814. The summed E-state index contributed by atoms with van der Waals surface area (Å²) in [5, 5.41) is 0. The summed E-state index contributed by atoms with van der Waals surface area (Å²) in [4.78, 5) is 0. The maximum absolute atomic E-state index is 2.61. The van der Waals surface area contributed by atoms with Gasteiger partial charge in [0.25, 0.3) is 0 Å². The van der Waals surface area contributed by atoms with Crippen molar-refractivity contribution in [1.29, 1.82) is 0 Å². The minimum atomic E-state index is -0.370. The van der Waals surface area contributed by atoms with Crippen LogP contribution >= 0.6 is 0 Å². The minimum absolute atomic E-state index is 0. The summed E-state index contributed by atoms with van der Waals surface area (Å²) < 4.78 is 0.836. The molecule has 167 valence electrons. The quantitative estimate of drug-likeness (QED) is 0.297. The van der Waals surface area contributed by atoms with E-state index >= 15 is 0 Å². The molecule has 0 aliphatic heterocycles. The molecule has 4 heteroatoms. The molecule has 1 radical (unpaired) electrons. The van der Waals surface area contributed by atoms with Gasteiger partial charge in [-0.25, -0.2) is 0 Å². The van der Waals surface area contributed by atoms with Crippen molar-refractivity contribution in [3.05, 3.63) is 64.7 Å². The van der Waals surface area contributed by atoms with Gasteiger partial charge < -0.3 is 24.8 Å². The SMILES string of the molecule is CCCCCCC1=Cc2c(-c3ccc(CCCC)cc3)cccc2[CH]1[Zr+2][Si](C)C.[Cl-].[Cl-]. The molecule has 1 aliphatic carbocycles. The number of benzene rings is 2. The van der Waals surface area contributed by atoms with Crippen molar-refractivity contribution < 1.29 is 47.2 Å². The number of hydrogen-bond acceptors (Lipinski definition) is 0. The zero-order chi connectivity index (χ0) is 20.6. The van der Waals surface area contributed by atoms with Gasteiger partial charge in [-0.2, -0.15) is 0 Å². The van der Waals surface area contributed by atoms with E-state index in [4.69, 9.17) is 0 Å². The summed E-state index contributed by atoms with van der Waals surface area (Å²) in [6.45, 7) is 9.67. The molecule has 2 aromatic carbocycles. The first kappa shape index (κ1) is 28.9. The van der Waals surface area contributed by atoms with Crippen LogP contribution in [0.2, 0.25) is 13.1 Å². The van der Waals surface area contributed by atoms with Crippen molar-refractivity contribution in [2.45, 2.75) is 81.9 Å². The molecule has 0 N–H and O–H groups in total. The van der Waals surface area contributed by atoms with Crippen molar-refractivity contribution in [3.8, 4) is 11.1 Å². The van der Waals surface area contributed by atoms with E-state index < -0.39 is 0 Å². The van der Waals surface area contributed by atoms with E-state index in [0.717, 1.165) is 3.63 Å². The summed E-state index contributed by atoms with van der Waals surface area (Å²) >= 11 is -0.370. The summed E-state index contributed by atoms with van der Waals surface area (Å²) in [5.41, 5.74) is 9.33. The van der Waals surface area contributed by atoms with Crippen LogP contribution in [0.3, 0.4) is 0 Å². The van der Waals surface area contributed by atoms with Gasteiger partial charge in [-0.05, 0) is 0 Å². The van der Waals surface area contributed by atoms with E-state index in [1.165, 1.54) is 68.1 Å². The molecular weight excluding hydrogens is 515 g/mol. The minimum Gasteiger partial charge on any atom is -1.00 e. The molecule has 31 heavy (non-hydrogen) atoms. The molecule has 1 unspecified atom stereocenters. The monoisotopic (exact) mass is 549 g/mol. The summed E-state index contributed by atoms with van der Waals surface area (Å²) in [7, 11) is 0. The van der Waals surface area contributed by atoms with Crippen LogP contribution in [0.25, 0.3) is 17.2 Å². The van der Waals surface area contributed by atoms with E-state index in [1.807, 2.05) is 0 Å². The van der Waals surface area contributed by atoms with Gasteiger partial charge in [0.2, 0.25) is 0 Å². The fourth-order valence-electron chi connectivity index (χ4n) is 4.38. The molecule has 0 nitrogen and oxygen atoms in total. The van der Waals surface area contributed by atoms with Crippen LogP contribution < -0.4 is 24.8 Å². The molecular formula is C27H37Cl2SiZr. The average Bonchev–Trinajstić information content (AvgIpc) is 3.07. The molecule has 0 fully saturated rings. The standard InChI is InChI=1S/C25H31.C2H6Si.2ClH.Zr/c1-3-5-7-8-11-21-18-23-12-9-13-24(25(23)19-21)22-16-14-20(15-17-22)10-6-4-2;1-3-2;;;/h9,12-19H,3-8,10-11H2,1-2H3;1-2H3;2*1H;/q;;;;+2/p-2. The van der Waals surface area contributed by atoms with Crippen LogP contribution in [0.5, 0.6) is 0 Å². The van der Waals surface area contributed by atoms with Crippen LogP contribution in [0.4, 0.5) is 0 Å². The number of halogens is 2. The molecule has 0 spiro atoms. The second-order valence-corrected chi connectivity index (χ2v) is 21.9. The van der Waals surface area contributed by atoms with Crippen molar-refractivity contribution in [3.63, 3.8) is 0 Å². The summed E-state index contributed by atoms with van der Waals surface area (Å²) in [6, 6.07) is 16.5. The molecule has 0 aromatic heterocycles. The second-order valence-electron chi connectivity index (χ2n) is 8.72. The van der Waals surface area contributed by atoms with Crippen LogP contribution in [0.1, 0.15) is 79.1 Å². The Balaban J connectivity index is 0.00000240. The number of fused-ring (bicyclic) bond motifs is 1. The topological polar surface area (TPSA) is 0 Å². The largest absolute Gasteiger partial charge is 1.00 e. The van der Waals surface area contributed by atoms with Gasteiger partial charge in [0.1, 0.15) is 0 Å². The van der Waals surface area contributed by atoms with Crippen molar-refractivity contribution in [2.24, 2.45) is 0 Å². The van der Waals surface area contributed by atoms with Crippen molar-refractivity contribution >= 4 is 12.0 Å². The predicted octanol–water partition coefficient (Wildman–Crippen LogP) is 2.45. The van der Waals surface area contributed by atoms with Crippen molar-refractivity contribution in [1.82, 2.24) is 0 Å². The third kappa shape index (κ3) is 7.99. The Hall–Kier alpha value is -0.140. The molecule has 0 saturated carbocycles. The summed E-state index contributed by atoms with van der Waals surface area (Å²) in [5.74, 6) is -0.0880. The van der Waals surface area contributed by atoms with Gasteiger partial charge >= 0.3 is 192 Å². The Morgan fingerprint density at radius 2 is 1.52 bits per heavy atom. The Morgan fingerprint density at radius 3 is 2.16 bits per heavy atom. The van der Waals surface area contributed by atoms with Gasteiger partial charge in [-0.15, -0.1) is 0 Å². The molecule has 3 rings (SSSR count). The van der Waals surface area contributed by atoms with Gasteiger partial charge in [0.15, 0.2) is 0 Å². The fraction of sp³-hybridized carbons (Fsp3) is 0.481. The van der Waals surface area contributed by atoms with E-state index in [-0.39, 0.29) is 53.1 Å². The van der Waals surface area contributed by atoms with E-state index in [9.17, 15) is 0 Å². The predicted molar refractivity (Wildman–Crippen MR) is 127 cm³/mol. The maximum atomic E-state index is 2.61. The molecule has 0 amide bonds. The second kappa shape index (κ2) is 14.9. The molecule has 2 aromatic rings. The zero-order valence-corrected chi connectivity index (χ0v) is 24.6. The third-order valence-electron chi connectivity index (χ3n) is 5.99. The van der Waals surface area contributed by atoms with Gasteiger partial charge in [0.05, 0.1) is 0 Å². The molecule has 0 bridgehead atoms. The Labute approximate surface area is 215 Å². The molecule has 0 saturated heterocycles. The van der Waals surface area contributed by atoms with Crippen LogP contribution in [0, 0.1) is 0 Å². The van der Waals surface area contributed by atoms with Gasteiger partial charge in [-0.1, -0.05) is 0 Å². The molecule has 1 aliphatic rings. The van der Waals surface area contributed by atoms with E-state index in [2.05, 4.69) is 75.5 Å². The fourth-order valence-corrected chi connectivity index (χ4v) is 13.2. The number of allylic oxidation sites excluding steroid dienone is 1. The first-order valence-corrected chi connectivity index (χ1v) is 19.2. The normalized spacial score (nSPS) is 14.4. The van der Waals surface area contributed by atoms with Crippen LogP contribution in [0.15, 0.2) is 48.0 Å². The molecule has 0 heterocycles. The van der Waals surface area contributed by atoms with Gasteiger partial charge in [0, 0.05) is 0 Å². The van der Waals surface area contributed by atoms with E-state index in [0.29, 0.717) is 0 Å². The number of unbranched alkanes of at least 4 members (excludes halogenated alkanes) is 4. The van der Waals surface area contributed by atoms with Crippen molar-refractivity contribution in [2.75, 3.05) is 0 Å². The summed E-state index contributed by atoms with van der Waals surface area (Å²) in [6.07, 6.45) is 13.2. The third-order valence-corrected chi connectivity index (χ3v) is 14.9. The van der Waals surface area contributed by atoms with Crippen LogP contribution in [-0.4, -0.2) is 5.92 Å². The number of aryl methyl sites for hydroxylation is 1. The smallest absolute Gasteiger partial charge is 1.00 e.